The van der Waals surface area contributed by atoms with Gasteiger partial charge >= 0.3 is 41.9 Å². The van der Waals surface area contributed by atoms with Gasteiger partial charge in [0.2, 0.25) is 0 Å². The van der Waals surface area contributed by atoms with Crippen LogP contribution in [0.25, 0.3) is 0 Å². The molecular weight excluding hydrogens is 430 g/mol. The number of alkyl halides is 10. The lowest BCUT2D eigenvalue weighted by Crippen LogP contribution is -2.79. The topological polar surface area (TPSA) is 18.5 Å². The SMILES string of the molecule is FC(F)=COC(F)(OC=C(F)F)C1(F)CC(F)(F)C(F)(F)C(F)(F)C1(F)F. The van der Waals surface area contributed by atoms with Gasteiger partial charge in [0.1, 0.15) is 0 Å². The van der Waals surface area contributed by atoms with Gasteiger partial charge in [-0.15, -0.1) is 0 Å². The Labute approximate surface area is 139 Å². The second kappa shape index (κ2) is 6.32. The minimum Gasteiger partial charge on any atom is -0.426 e. The van der Waals surface area contributed by atoms with Crippen LogP contribution in [-0.2, 0) is 9.47 Å². The molecular formula is C11H4F14O2. The first kappa shape index (κ1) is 23.1. The van der Waals surface area contributed by atoms with Gasteiger partial charge in [-0.25, -0.2) is 4.39 Å². The van der Waals surface area contributed by atoms with E-state index in [0.717, 1.165) is 0 Å². The van der Waals surface area contributed by atoms with Gasteiger partial charge in [-0.05, 0) is 0 Å². The van der Waals surface area contributed by atoms with E-state index >= 15 is 0 Å². The molecule has 0 heterocycles. The Kier molecular flexibility index (Phi) is 5.42. The van der Waals surface area contributed by atoms with Gasteiger partial charge in [0, 0.05) is 0 Å². The molecule has 16 heteroatoms. The molecule has 0 spiro atoms. The van der Waals surface area contributed by atoms with E-state index in [2.05, 4.69) is 9.47 Å². The van der Waals surface area contributed by atoms with Crippen molar-refractivity contribution in [2.45, 2.75) is 41.8 Å². The standard InChI is InChI=1S/C11H4F14O2/c12-4(13)1-26-11(25,27-2-5(14)15)6(16)3-7(17,18)9(21,22)10(23,24)8(6,19)20/h1-2H,3H2. The van der Waals surface area contributed by atoms with E-state index in [-0.39, 0.29) is 0 Å². The summed E-state index contributed by atoms with van der Waals surface area (Å²) in [5.74, 6) is -27.8. The van der Waals surface area contributed by atoms with Crippen LogP contribution in [0, 0.1) is 0 Å². The minimum absolute atomic E-state index is 1.34. The average molecular weight is 434 g/mol. The van der Waals surface area contributed by atoms with Crippen LogP contribution in [0.1, 0.15) is 6.42 Å². The number of rotatable bonds is 5. The minimum atomic E-state index is -7.34. The predicted octanol–water partition coefficient (Wildman–Crippen LogP) is 5.77. The van der Waals surface area contributed by atoms with Crippen LogP contribution in [-0.4, -0.2) is 35.4 Å². The van der Waals surface area contributed by atoms with Crippen LogP contribution in [0.4, 0.5) is 61.5 Å². The zero-order chi connectivity index (χ0) is 21.7. The molecule has 0 amide bonds. The maximum Gasteiger partial charge on any atom is 0.449 e. The average Bonchev–Trinajstić information content (AvgIpc) is 2.48. The number of hydrogen-bond donors (Lipinski definition) is 0. The van der Waals surface area contributed by atoms with Crippen molar-refractivity contribution in [2.24, 2.45) is 0 Å². The van der Waals surface area contributed by atoms with Crippen LogP contribution in [0.2, 0.25) is 0 Å². The van der Waals surface area contributed by atoms with E-state index in [9.17, 15) is 61.5 Å². The molecule has 0 aromatic rings. The Morgan fingerprint density at radius 3 is 1.37 bits per heavy atom. The van der Waals surface area contributed by atoms with Crippen LogP contribution in [0.15, 0.2) is 24.7 Å². The summed E-state index contributed by atoms with van der Waals surface area (Å²) < 4.78 is 188. The lowest BCUT2D eigenvalue weighted by atomic mass is 9.74. The third-order valence-electron chi connectivity index (χ3n) is 3.28. The fourth-order valence-electron chi connectivity index (χ4n) is 1.95. The molecule has 1 aliphatic rings. The molecule has 0 aliphatic heterocycles. The largest absolute Gasteiger partial charge is 0.449 e. The molecule has 1 rings (SSSR count). The Morgan fingerprint density at radius 2 is 1.04 bits per heavy atom. The summed E-state index contributed by atoms with van der Waals surface area (Å²) in [6.45, 7) is 0. The van der Waals surface area contributed by atoms with Crippen molar-refractivity contribution in [3.63, 3.8) is 0 Å². The highest BCUT2D eigenvalue weighted by atomic mass is 19.4. The van der Waals surface area contributed by atoms with Gasteiger partial charge in [0.25, 0.3) is 5.67 Å². The molecule has 158 valence electrons. The van der Waals surface area contributed by atoms with Crippen molar-refractivity contribution in [2.75, 3.05) is 0 Å². The molecule has 0 N–H and O–H groups in total. The summed E-state index contributed by atoms with van der Waals surface area (Å²) in [4.78, 5) is 0. The van der Waals surface area contributed by atoms with E-state index in [4.69, 9.17) is 0 Å². The van der Waals surface area contributed by atoms with Gasteiger partial charge in [0.05, 0.1) is 6.42 Å². The van der Waals surface area contributed by atoms with Crippen LogP contribution in [0.3, 0.4) is 0 Å². The third-order valence-corrected chi connectivity index (χ3v) is 3.28. The van der Waals surface area contributed by atoms with Gasteiger partial charge in [-0.1, -0.05) is 0 Å². The summed E-state index contributed by atoms with van der Waals surface area (Å²) in [7, 11) is 0. The molecule has 0 saturated heterocycles. The monoisotopic (exact) mass is 434 g/mol. The molecule has 0 aromatic heterocycles. The van der Waals surface area contributed by atoms with E-state index in [0.29, 0.717) is 0 Å². The highest BCUT2D eigenvalue weighted by Gasteiger charge is 2.96. The highest BCUT2D eigenvalue weighted by Crippen LogP contribution is 2.67. The predicted molar refractivity (Wildman–Crippen MR) is 54.9 cm³/mol. The lowest BCUT2D eigenvalue weighted by molar-refractivity contribution is -0.476. The molecule has 1 saturated carbocycles. The van der Waals surface area contributed by atoms with Crippen molar-refractivity contribution in [1.82, 2.24) is 0 Å². The van der Waals surface area contributed by atoms with E-state index in [1.165, 1.54) is 0 Å². The zero-order valence-corrected chi connectivity index (χ0v) is 12.0. The lowest BCUT2D eigenvalue weighted by Gasteiger charge is -2.50. The molecule has 1 fully saturated rings. The molecule has 27 heavy (non-hydrogen) atoms. The maximum atomic E-state index is 14.4. The Bertz CT molecular complexity index is 613. The third kappa shape index (κ3) is 3.15. The first-order valence-corrected chi connectivity index (χ1v) is 6.06. The van der Waals surface area contributed by atoms with Crippen molar-refractivity contribution in [3.05, 3.63) is 24.7 Å². The Hall–Kier alpha value is -1.90. The summed E-state index contributed by atoms with van der Waals surface area (Å²) in [5, 5.41) is 0. The summed E-state index contributed by atoms with van der Waals surface area (Å²) in [6, 6.07) is -5.94. The van der Waals surface area contributed by atoms with Crippen molar-refractivity contribution >= 4 is 0 Å². The molecule has 1 unspecified atom stereocenters. The Balaban J connectivity index is 3.71. The second-order valence-electron chi connectivity index (χ2n) is 4.99. The molecule has 0 radical (unpaired) electrons. The van der Waals surface area contributed by atoms with Gasteiger partial charge in [-0.2, -0.15) is 57.1 Å². The normalized spacial score (nSPS) is 28.1. The summed E-state index contributed by atoms with van der Waals surface area (Å²) in [5.41, 5.74) is -6.35. The van der Waals surface area contributed by atoms with Gasteiger partial charge in [-0.3, -0.25) is 0 Å². The summed E-state index contributed by atoms with van der Waals surface area (Å²) in [6.07, 6.45) is -13.0. The molecule has 1 atom stereocenters. The fraction of sp³-hybridized carbons (Fsp3) is 0.636. The van der Waals surface area contributed by atoms with Gasteiger partial charge in [0.15, 0.2) is 12.5 Å². The fourth-order valence-corrected chi connectivity index (χ4v) is 1.95. The number of hydrogen-bond acceptors (Lipinski definition) is 2. The smallest absolute Gasteiger partial charge is 0.426 e. The first-order chi connectivity index (χ1) is 11.8. The van der Waals surface area contributed by atoms with Crippen molar-refractivity contribution in [3.8, 4) is 0 Å². The van der Waals surface area contributed by atoms with E-state index in [1.807, 2.05) is 0 Å². The van der Waals surface area contributed by atoms with Crippen LogP contribution in [0.5, 0.6) is 0 Å². The van der Waals surface area contributed by atoms with E-state index < -0.39 is 66.5 Å². The van der Waals surface area contributed by atoms with Gasteiger partial charge < -0.3 is 9.47 Å². The number of ether oxygens (including phenoxy) is 2. The molecule has 2 nitrogen and oxygen atoms in total. The van der Waals surface area contributed by atoms with Crippen LogP contribution >= 0.6 is 0 Å². The van der Waals surface area contributed by atoms with Crippen molar-refractivity contribution < 1.29 is 70.9 Å². The molecule has 0 bridgehead atoms. The summed E-state index contributed by atoms with van der Waals surface area (Å²) >= 11 is 0. The number of halogens is 14. The van der Waals surface area contributed by atoms with E-state index in [1.54, 1.807) is 0 Å². The maximum absolute atomic E-state index is 14.4. The van der Waals surface area contributed by atoms with Crippen LogP contribution < -0.4 is 0 Å². The second-order valence-corrected chi connectivity index (χ2v) is 4.99. The van der Waals surface area contributed by atoms with Crippen molar-refractivity contribution in [1.29, 1.82) is 0 Å². The first-order valence-electron chi connectivity index (χ1n) is 6.06. The Morgan fingerprint density at radius 1 is 0.667 bits per heavy atom. The zero-order valence-electron chi connectivity index (χ0n) is 12.0. The molecule has 0 aromatic carbocycles. The quantitative estimate of drug-likeness (QED) is 0.311. The molecule has 1 aliphatic carbocycles. The highest BCUT2D eigenvalue weighted by molar-refractivity contribution is 5.21.